The maximum Gasteiger partial charge on any atom is 0.248 e. The van der Waals surface area contributed by atoms with Crippen molar-refractivity contribution in [3.05, 3.63) is 52.2 Å². The molecule has 0 amide bonds. The minimum absolute atomic E-state index is 0.489. The second kappa shape index (κ2) is 4.89. The van der Waals surface area contributed by atoms with Crippen LogP contribution in [0.2, 0.25) is 0 Å². The zero-order chi connectivity index (χ0) is 12.4. The van der Waals surface area contributed by atoms with E-state index in [4.69, 9.17) is 4.52 Å². The van der Waals surface area contributed by atoms with Gasteiger partial charge in [-0.1, -0.05) is 35.5 Å². The molecule has 0 bridgehead atoms. The molecule has 0 saturated carbocycles. The van der Waals surface area contributed by atoms with Crippen molar-refractivity contribution in [2.45, 2.75) is 6.54 Å². The molecule has 0 aliphatic heterocycles. The SMILES string of the molecule is Ic1cnn(Cc2nc(-c3ccccc3)no2)c1. The monoisotopic (exact) mass is 352 g/mol. The van der Waals surface area contributed by atoms with Crippen LogP contribution in [0.3, 0.4) is 0 Å². The van der Waals surface area contributed by atoms with E-state index in [1.165, 1.54) is 0 Å². The van der Waals surface area contributed by atoms with Crippen molar-refractivity contribution in [2.75, 3.05) is 0 Å². The Bertz CT molecular complexity index is 647. The highest BCUT2D eigenvalue weighted by Gasteiger charge is 2.08. The molecule has 0 aliphatic carbocycles. The van der Waals surface area contributed by atoms with Crippen LogP contribution in [-0.2, 0) is 6.54 Å². The Morgan fingerprint density at radius 3 is 2.78 bits per heavy atom. The Morgan fingerprint density at radius 2 is 2.06 bits per heavy atom. The fourth-order valence-electron chi connectivity index (χ4n) is 1.59. The van der Waals surface area contributed by atoms with Crippen LogP contribution in [0, 0.1) is 3.57 Å². The maximum atomic E-state index is 5.21. The van der Waals surface area contributed by atoms with Crippen LogP contribution in [0.15, 0.2) is 47.2 Å². The lowest BCUT2D eigenvalue weighted by Gasteiger charge is -1.93. The molecule has 0 N–H and O–H groups in total. The van der Waals surface area contributed by atoms with Gasteiger partial charge in [0.25, 0.3) is 0 Å². The second-order valence-electron chi connectivity index (χ2n) is 3.73. The van der Waals surface area contributed by atoms with Crippen molar-refractivity contribution in [3.63, 3.8) is 0 Å². The van der Waals surface area contributed by atoms with Gasteiger partial charge in [-0.2, -0.15) is 10.1 Å². The lowest BCUT2D eigenvalue weighted by molar-refractivity contribution is 0.366. The van der Waals surface area contributed by atoms with E-state index >= 15 is 0 Å². The van der Waals surface area contributed by atoms with Gasteiger partial charge in [0.1, 0.15) is 6.54 Å². The fraction of sp³-hybridized carbons (Fsp3) is 0.0833. The van der Waals surface area contributed by atoms with Crippen molar-refractivity contribution < 1.29 is 4.52 Å². The molecular weight excluding hydrogens is 343 g/mol. The molecule has 6 heteroatoms. The number of hydrogen-bond donors (Lipinski definition) is 0. The lowest BCUT2D eigenvalue weighted by Crippen LogP contribution is -1.99. The molecule has 3 rings (SSSR count). The number of benzene rings is 1. The van der Waals surface area contributed by atoms with E-state index in [9.17, 15) is 0 Å². The Kier molecular flexibility index (Phi) is 3.09. The van der Waals surface area contributed by atoms with E-state index < -0.39 is 0 Å². The quantitative estimate of drug-likeness (QED) is 0.680. The molecule has 0 aliphatic rings. The summed E-state index contributed by atoms with van der Waals surface area (Å²) in [5, 5.41) is 8.13. The fourth-order valence-corrected chi connectivity index (χ4v) is 2.03. The first kappa shape index (κ1) is 11.4. The van der Waals surface area contributed by atoms with Crippen molar-refractivity contribution in [2.24, 2.45) is 0 Å². The first-order chi connectivity index (χ1) is 8.81. The zero-order valence-corrected chi connectivity index (χ0v) is 11.5. The molecule has 0 fully saturated rings. The number of hydrogen-bond acceptors (Lipinski definition) is 4. The third-order valence-corrected chi connectivity index (χ3v) is 2.96. The molecule has 0 atom stereocenters. The molecule has 0 spiro atoms. The van der Waals surface area contributed by atoms with Crippen LogP contribution in [0.4, 0.5) is 0 Å². The van der Waals surface area contributed by atoms with E-state index in [1.54, 1.807) is 10.9 Å². The summed E-state index contributed by atoms with van der Waals surface area (Å²) in [4.78, 5) is 4.34. The molecule has 0 unspecified atom stereocenters. The van der Waals surface area contributed by atoms with Crippen LogP contribution in [0.1, 0.15) is 5.89 Å². The van der Waals surface area contributed by atoms with Gasteiger partial charge in [-0.15, -0.1) is 0 Å². The van der Waals surface area contributed by atoms with E-state index in [-0.39, 0.29) is 0 Å². The van der Waals surface area contributed by atoms with Gasteiger partial charge in [0.15, 0.2) is 0 Å². The van der Waals surface area contributed by atoms with Gasteiger partial charge in [-0.25, -0.2) is 0 Å². The minimum Gasteiger partial charge on any atom is -0.337 e. The van der Waals surface area contributed by atoms with E-state index in [0.717, 1.165) is 9.13 Å². The van der Waals surface area contributed by atoms with Crippen LogP contribution in [0.25, 0.3) is 11.4 Å². The van der Waals surface area contributed by atoms with Gasteiger partial charge in [-0.05, 0) is 22.6 Å². The Balaban J connectivity index is 1.82. The normalized spacial score (nSPS) is 10.7. The van der Waals surface area contributed by atoms with Crippen molar-refractivity contribution >= 4 is 22.6 Å². The molecule has 2 heterocycles. The Hall–Kier alpha value is -1.70. The zero-order valence-electron chi connectivity index (χ0n) is 9.32. The summed E-state index contributed by atoms with van der Waals surface area (Å²) in [5.74, 6) is 1.15. The Labute approximate surface area is 117 Å². The Morgan fingerprint density at radius 1 is 1.22 bits per heavy atom. The summed E-state index contributed by atoms with van der Waals surface area (Å²) in [6, 6.07) is 9.75. The predicted octanol–water partition coefficient (Wildman–Crippen LogP) is 2.59. The number of nitrogens with zero attached hydrogens (tertiary/aromatic N) is 4. The van der Waals surface area contributed by atoms with E-state index in [0.29, 0.717) is 18.3 Å². The highest BCUT2D eigenvalue weighted by atomic mass is 127. The van der Waals surface area contributed by atoms with Crippen LogP contribution in [-0.4, -0.2) is 19.9 Å². The second-order valence-corrected chi connectivity index (χ2v) is 4.98. The summed E-state index contributed by atoms with van der Waals surface area (Å²) >= 11 is 2.21. The standard InChI is InChI=1S/C12H9IN4O/c13-10-6-14-17(7-10)8-11-15-12(16-18-11)9-4-2-1-3-5-9/h1-7H,8H2. The summed E-state index contributed by atoms with van der Waals surface area (Å²) in [6.07, 6.45) is 3.71. The number of aromatic nitrogens is 4. The van der Waals surface area contributed by atoms with Crippen LogP contribution < -0.4 is 0 Å². The molecular formula is C12H9IN4O. The predicted molar refractivity (Wildman–Crippen MR) is 73.8 cm³/mol. The highest BCUT2D eigenvalue weighted by Crippen LogP contribution is 2.15. The first-order valence-corrected chi connectivity index (χ1v) is 6.45. The maximum absolute atomic E-state index is 5.21. The van der Waals surface area contributed by atoms with Crippen LogP contribution >= 0.6 is 22.6 Å². The molecule has 0 saturated heterocycles. The summed E-state index contributed by atoms with van der Waals surface area (Å²) in [7, 11) is 0. The third-order valence-electron chi connectivity index (χ3n) is 2.40. The van der Waals surface area contributed by atoms with Gasteiger partial charge in [0.2, 0.25) is 11.7 Å². The molecule has 3 aromatic rings. The van der Waals surface area contributed by atoms with Crippen molar-refractivity contribution in [1.29, 1.82) is 0 Å². The molecule has 18 heavy (non-hydrogen) atoms. The van der Waals surface area contributed by atoms with E-state index in [2.05, 4.69) is 37.8 Å². The topological polar surface area (TPSA) is 56.7 Å². The van der Waals surface area contributed by atoms with Crippen molar-refractivity contribution in [1.82, 2.24) is 19.9 Å². The third kappa shape index (κ3) is 2.42. The average molecular weight is 352 g/mol. The average Bonchev–Trinajstić information content (AvgIpc) is 3.01. The molecule has 90 valence electrons. The molecule has 1 aromatic carbocycles. The molecule has 0 radical (unpaired) electrons. The first-order valence-electron chi connectivity index (χ1n) is 5.37. The summed E-state index contributed by atoms with van der Waals surface area (Å²) < 4.78 is 8.05. The molecule has 2 aromatic heterocycles. The van der Waals surface area contributed by atoms with Gasteiger partial charge < -0.3 is 4.52 Å². The minimum atomic E-state index is 0.489. The van der Waals surface area contributed by atoms with E-state index in [1.807, 2.05) is 36.5 Å². The highest BCUT2D eigenvalue weighted by molar-refractivity contribution is 14.1. The summed E-state index contributed by atoms with van der Waals surface area (Å²) in [5.41, 5.74) is 0.947. The summed E-state index contributed by atoms with van der Waals surface area (Å²) in [6.45, 7) is 0.489. The number of halogens is 1. The molecule has 5 nitrogen and oxygen atoms in total. The van der Waals surface area contributed by atoms with Crippen molar-refractivity contribution in [3.8, 4) is 11.4 Å². The lowest BCUT2D eigenvalue weighted by atomic mass is 10.2. The van der Waals surface area contributed by atoms with Gasteiger partial charge in [0.05, 0.1) is 9.77 Å². The van der Waals surface area contributed by atoms with Gasteiger partial charge in [0, 0.05) is 11.8 Å². The van der Waals surface area contributed by atoms with Crippen LogP contribution in [0.5, 0.6) is 0 Å². The smallest absolute Gasteiger partial charge is 0.248 e. The van der Waals surface area contributed by atoms with Gasteiger partial charge in [-0.3, -0.25) is 4.68 Å². The largest absolute Gasteiger partial charge is 0.337 e. The van der Waals surface area contributed by atoms with Gasteiger partial charge >= 0.3 is 0 Å². The number of rotatable bonds is 3.